The zero-order valence-electron chi connectivity index (χ0n) is 13.9. The molecule has 1 aliphatic rings. The third-order valence-corrected chi connectivity index (χ3v) is 7.71. The van der Waals surface area contributed by atoms with Gasteiger partial charge in [0.1, 0.15) is 15.9 Å². The van der Waals surface area contributed by atoms with Gasteiger partial charge in [0.25, 0.3) is 5.91 Å². The van der Waals surface area contributed by atoms with Gasteiger partial charge in [-0.25, -0.2) is 0 Å². The van der Waals surface area contributed by atoms with E-state index in [2.05, 4.69) is 18.3 Å². The van der Waals surface area contributed by atoms with Crippen LogP contribution in [0, 0.1) is 17.2 Å². The molecule has 1 aliphatic carbocycles. The van der Waals surface area contributed by atoms with Gasteiger partial charge >= 0.3 is 0 Å². The van der Waals surface area contributed by atoms with E-state index in [0.29, 0.717) is 31.4 Å². The van der Waals surface area contributed by atoms with Crippen LogP contribution in [0.4, 0.5) is 5.00 Å². The minimum Gasteiger partial charge on any atom is -0.312 e. The fourth-order valence-electron chi connectivity index (χ4n) is 3.30. The molecule has 0 saturated heterocycles. The fraction of sp³-hybridized carbons (Fsp3) is 0.263. The van der Waals surface area contributed by atoms with Crippen LogP contribution in [0.5, 0.6) is 0 Å². The third-order valence-electron chi connectivity index (χ3n) is 4.65. The number of fused-ring (bicyclic) bond motifs is 2. The number of carbonyl (C=O) groups excluding carboxylic acids is 1. The van der Waals surface area contributed by atoms with Crippen molar-refractivity contribution in [2.24, 2.45) is 5.92 Å². The topological polar surface area (TPSA) is 52.9 Å². The minimum atomic E-state index is -0.282. The number of halogens is 2. The summed E-state index contributed by atoms with van der Waals surface area (Å²) in [5.41, 5.74) is 1.70. The molecule has 2 heterocycles. The summed E-state index contributed by atoms with van der Waals surface area (Å²) in [6.07, 6.45) is 2.94. The highest BCUT2D eigenvalue weighted by Crippen LogP contribution is 2.41. The predicted octanol–water partition coefficient (Wildman–Crippen LogP) is 6.52. The molecule has 26 heavy (non-hydrogen) atoms. The lowest BCUT2D eigenvalue weighted by molar-refractivity contribution is 0.103. The molecule has 0 bridgehead atoms. The zero-order valence-corrected chi connectivity index (χ0v) is 17.0. The number of hydrogen-bond donors (Lipinski definition) is 1. The van der Waals surface area contributed by atoms with Crippen molar-refractivity contribution < 1.29 is 4.79 Å². The Morgan fingerprint density at radius 3 is 2.92 bits per heavy atom. The zero-order chi connectivity index (χ0) is 18.4. The summed E-state index contributed by atoms with van der Waals surface area (Å²) in [4.78, 5) is 14.5. The number of benzene rings is 1. The summed E-state index contributed by atoms with van der Waals surface area (Å²) in [6, 6.07) is 7.65. The number of nitriles is 1. The van der Waals surface area contributed by atoms with Crippen LogP contribution in [-0.2, 0) is 12.8 Å². The molecule has 1 atom stereocenters. The molecule has 0 fully saturated rings. The molecular weight excluding hydrogens is 407 g/mol. The van der Waals surface area contributed by atoms with Crippen molar-refractivity contribution in [3.63, 3.8) is 0 Å². The highest BCUT2D eigenvalue weighted by Gasteiger charge is 2.26. The molecule has 1 aromatic carbocycles. The van der Waals surface area contributed by atoms with Gasteiger partial charge in [-0.2, -0.15) is 5.26 Å². The predicted molar refractivity (Wildman–Crippen MR) is 110 cm³/mol. The quantitative estimate of drug-likeness (QED) is 0.512. The Bertz CT molecular complexity index is 1080. The molecule has 2 aromatic heterocycles. The maximum absolute atomic E-state index is 12.8. The molecule has 0 radical (unpaired) electrons. The first kappa shape index (κ1) is 17.8. The summed E-state index contributed by atoms with van der Waals surface area (Å²) in [6.45, 7) is 2.22. The second-order valence-electron chi connectivity index (χ2n) is 6.51. The van der Waals surface area contributed by atoms with Crippen molar-refractivity contribution in [2.45, 2.75) is 26.2 Å². The third kappa shape index (κ3) is 3.01. The molecule has 4 rings (SSSR count). The van der Waals surface area contributed by atoms with Crippen LogP contribution < -0.4 is 5.32 Å². The monoisotopic (exact) mass is 420 g/mol. The number of nitrogens with one attached hydrogen (secondary N) is 1. The van der Waals surface area contributed by atoms with Gasteiger partial charge in [0.2, 0.25) is 0 Å². The summed E-state index contributed by atoms with van der Waals surface area (Å²) < 4.78 is 0.868. The number of amides is 1. The summed E-state index contributed by atoms with van der Waals surface area (Å²) in [5.74, 6) is 0.327. The maximum atomic E-state index is 12.8. The van der Waals surface area contributed by atoms with Crippen LogP contribution in [0.15, 0.2) is 18.2 Å². The number of hydrogen-bond acceptors (Lipinski definition) is 4. The summed E-state index contributed by atoms with van der Waals surface area (Å²) in [7, 11) is 0. The Balaban J connectivity index is 1.69. The second kappa shape index (κ2) is 6.86. The first-order chi connectivity index (χ1) is 12.5. The Labute approximate surface area is 169 Å². The number of nitrogens with zero attached hydrogens (tertiary/aromatic N) is 1. The Hall–Kier alpha value is -1.58. The lowest BCUT2D eigenvalue weighted by Crippen LogP contribution is -2.11. The van der Waals surface area contributed by atoms with Gasteiger partial charge in [-0.15, -0.1) is 22.7 Å². The lowest BCUT2D eigenvalue weighted by Gasteiger charge is -2.17. The average molecular weight is 421 g/mol. The SMILES string of the molecule is C[C@H]1CCc2c(sc(NC(=O)c3sc4cc(Cl)ccc4c3Cl)c2C#N)C1. The van der Waals surface area contributed by atoms with Crippen molar-refractivity contribution >= 4 is 66.9 Å². The van der Waals surface area contributed by atoms with E-state index < -0.39 is 0 Å². The number of rotatable bonds is 2. The number of anilines is 1. The first-order valence-corrected chi connectivity index (χ1v) is 10.6. The Kier molecular flexibility index (Phi) is 4.70. The Morgan fingerprint density at radius 2 is 2.15 bits per heavy atom. The van der Waals surface area contributed by atoms with Gasteiger partial charge in [0, 0.05) is 20.0 Å². The molecule has 1 amide bonds. The molecule has 1 N–H and O–H groups in total. The highest BCUT2D eigenvalue weighted by molar-refractivity contribution is 7.22. The molecule has 0 unspecified atom stereocenters. The van der Waals surface area contributed by atoms with Gasteiger partial charge in [-0.1, -0.05) is 36.2 Å². The van der Waals surface area contributed by atoms with Crippen molar-refractivity contribution in [1.29, 1.82) is 5.26 Å². The van der Waals surface area contributed by atoms with Gasteiger partial charge < -0.3 is 5.32 Å². The van der Waals surface area contributed by atoms with E-state index >= 15 is 0 Å². The van der Waals surface area contributed by atoms with Crippen molar-refractivity contribution in [1.82, 2.24) is 0 Å². The van der Waals surface area contributed by atoms with E-state index in [1.54, 1.807) is 12.1 Å². The molecule has 3 nitrogen and oxygen atoms in total. The van der Waals surface area contributed by atoms with Crippen molar-refractivity contribution in [2.75, 3.05) is 5.32 Å². The normalized spacial score (nSPS) is 16.3. The standard InChI is InChI=1S/C19H14Cl2N2OS2/c1-9-2-4-11-13(8-22)19(26-14(11)6-9)23-18(24)17-16(21)12-5-3-10(20)7-15(12)25-17/h3,5,7,9H,2,4,6H2,1H3,(H,23,24)/t9-/m0/s1. The van der Waals surface area contributed by atoms with Crippen LogP contribution in [0.1, 0.15) is 39.0 Å². The number of carbonyl (C=O) groups is 1. The van der Waals surface area contributed by atoms with Crippen LogP contribution >= 0.6 is 45.9 Å². The van der Waals surface area contributed by atoms with E-state index in [1.807, 2.05) is 6.07 Å². The molecule has 0 saturated carbocycles. The average Bonchev–Trinajstić information content (AvgIpc) is 3.11. The number of thiophene rings is 2. The second-order valence-corrected chi connectivity index (χ2v) is 9.48. The van der Waals surface area contributed by atoms with Crippen LogP contribution in [-0.4, -0.2) is 5.91 Å². The maximum Gasteiger partial charge on any atom is 0.267 e. The van der Waals surface area contributed by atoms with Crippen molar-refractivity contribution in [3.05, 3.63) is 49.1 Å². The summed E-state index contributed by atoms with van der Waals surface area (Å²) >= 11 is 15.3. The molecule has 0 spiro atoms. The summed E-state index contributed by atoms with van der Waals surface area (Å²) in [5, 5.41) is 15.0. The lowest BCUT2D eigenvalue weighted by atomic mass is 9.89. The minimum absolute atomic E-state index is 0.282. The smallest absolute Gasteiger partial charge is 0.267 e. The van der Waals surface area contributed by atoms with E-state index in [0.717, 1.165) is 34.9 Å². The molecular formula is C19H14Cl2N2OS2. The van der Waals surface area contributed by atoms with Gasteiger partial charge in [-0.3, -0.25) is 4.79 Å². The van der Waals surface area contributed by atoms with E-state index in [1.165, 1.54) is 27.6 Å². The molecule has 3 aromatic rings. The van der Waals surface area contributed by atoms with Crippen LogP contribution in [0.25, 0.3) is 10.1 Å². The van der Waals surface area contributed by atoms with Crippen LogP contribution in [0.3, 0.4) is 0 Å². The molecule has 0 aliphatic heterocycles. The van der Waals surface area contributed by atoms with E-state index in [4.69, 9.17) is 23.2 Å². The van der Waals surface area contributed by atoms with Crippen molar-refractivity contribution in [3.8, 4) is 6.07 Å². The largest absolute Gasteiger partial charge is 0.312 e. The van der Waals surface area contributed by atoms with Crippen LogP contribution in [0.2, 0.25) is 10.0 Å². The van der Waals surface area contributed by atoms with Gasteiger partial charge in [0.15, 0.2) is 0 Å². The molecule has 7 heteroatoms. The van der Waals surface area contributed by atoms with Gasteiger partial charge in [-0.05, 0) is 42.9 Å². The van der Waals surface area contributed by atoms with E-state index in [-0.39, 0.29) is 5.91 Å². The Morgan fingerprint density at radius 1 is 1.35 bits per heavy atom. The first-order valence-electron chi connectivity index (χ1n) is 8.21. The van der Waals surface area contributed by atoms with E-state index in [9.17, 15) is 10.1 Å². The van der Waals surface area contributed by atoms with Gasteiger partial charge in [0.05, 0.1) is 10.6 Å². The fourth-order valence-corrected chi connectivity index (χ4v) is 6.35. The highest BCUT2D eigenvalue weighted by atomic mass is 35.5. The molecule has 132 valence electrons.